The van der Waals surface area contributed by atoms with Crippen molar-refractivity contribution < 1.29 is 13.2 Å². The van der Waals surface area contributed by atoms with Crippen LogP contribution in [0.2, 0.25) is 0 Å². The Morgan fingerprint density at radius 1 is 1.24 bits per heavy atom. The fraction of sp³-hybridized carbons (Fsp3) is 0.125. The van der Waals surface area contributed by atoms with Gasteiger partial charge in [0.05, 0.1) is 0 Å². The van der Waals surface area contributed by atoms with Crippen molar-refractivity contribution in [2.45, 2.75) is 4.90 Å². The summed E-state index contributed by atoms with van der Waals surface area (Å²) >= 11 is 1.54. The lowest BCUT2D eigenvalue weighted by Crippen LogP contribution is -2.18. The lowest BCUT2D eigenvalue weighted by molar-refractivity contribution is 0.101. The number of benzene rings is 1. The third-order valence-corrected chi connectivity index (χ3v) is 5.82. The maximum absolute atomic E-state index is 12.4. The Hall–Kier alpha value is -2.49. The zero-order chi connectivity index (χ0) is 18.0. The molecule has 9 heteroatoms. The van der Waals surface area contributed by atoms with Crippen molar-refractivity contribution in [1.82, 2.24) is 14.3 Å². The van der Waals surface area contributed by atoms with Gasteiger partial charge in [0, 0.05) is 36.1 Å². The summed E-state index contributed by atoms with van der Waals surface area (Å²) in [7, 11) is -0.648. The predicted octanol–water partition coefficient (Wildman–Crippen LogP) is 2.31. The van der Waals surface area contributed by atoms with Crippen LogP contribution < -0.4 is 10.0 Å². The summed E-state index contributed by atoms with van der Waals surface area (Å²) in [6.45, 7) is 0. The van der Waals surface area contributed by atoms with Crippen LogP contribution in [0.5, 0.6) is 0 Å². The summed E-state index contributed by atoms with van der Waals surface area (Å²) < 4.78 is 27.4. The molecule has 2 heterocycles. The van der Waals surface area contributed by atoms with E-state index in [1.807, 2.05) is 17.5 Å². The van der Waals surface area contributed by atoms with E-state index in [1.165, 1.54) is 35.2 Å². The highest BCUT2D eigenvalue weighted by molar-refractivity contribution is 7.89. The topological polar surface area (TPSA) is 93.1 Å². The van der Waals surface area contributed by atoms with Crippen molar-refractivity contribution in [3.63, 3.8) is 0 Å². The Morgan fingerprint density at radius 2 is 1.96 bits per heavy atom. The van der Waals surface area contributed by atoms with Gasteiger partial charge in [0.2, 0.25) is 10.0 Å². The monoisotopic (exact) mass is 376 g/mol. The molecule has 7 nitrogen and oxygen atoms in total. The largest absolute Gasteiger partial charge is 0.345 e. The van der Waals surface area contributed by atoms with E-state index in [4.69, 9.17) is 0 Å². The maximum Gasteiger partial charge on any atom is 0.272 e. The Morgan fingerprint density at radius 3 is 2.56 bits per heavy atom. The zero-order valence-electron chi connectivity index (χ0n) is 13.6. The minimum absolute atomic E-state index is 0.0433. The summed E-state index contributed by atoms with van der Waals surface area (Å²) in [6.07, 6.45) is 3.13. The van der Waals surface area contributed by atoms with Crippen molar-refractivity contribution in [2.24, 2.45) is 7.05 Å². The SMILES string of the molecule is CNS(=O)(=O)c1cc(C(=O)Nc2ccc(-c3nccs3)cc2)n(C)c1. The number of thiazole rings is 1. The van der Waals surface area contributed by atoms with Gasteiger partial charge in [0.1, 0.15) is 15.6 Å². The van der Waals surface area contributed by atoms with Gasteiger partial charge in [-0.05, 0) is 37.4 Å². The smallest absolute Gasteiger partial charge is 0.272 e. The van der Waals surface area contributed by atoms with Crippen molar-refractivity contribution >= 4 is 33.0 Å². The number of rotatable bonds is 5. The molecule has 1 aromatic carbocycles. The van der Waals surface area contributed by atoms with E-state index in [2.05, 4.69) is 15.0 Å². The van der Waals surface area contributed by atoms with E-state index in [-0.39, 0.29) is 16.5 Å². The van der Waals surface area contributed by atoms with E-state index in [0.717, 1.165) is 10.6 Å². The van der Waals surface area contributed by atoms with Gasteiger partial charge in [-0.25, -0.2) is 18.1 Å². The molecule has 0 bridgehead atoms. The molecule has 0 unspecified atom stereocenters. The Kier molecular flexibility index (Phi) is 4.71. The molecule has 1 amide bonds. The second-order valence-corrected chi connectivity index (χ2v) is 8.03. The van der Waals surface area contributed by atoms with E-state index in [1.54, 1.807) is 25.4 Å². The Bertz CT molecular complexity index is 991. The average molecular weight is 376 g/mol. The van der Waals surface area contributed by atoms with Crippen LogP contribution >= 0.6 is 11.3 Å². The van der Waals surface area contributed by atoms with Crippen molar-refractivity contribution in [3.8, 4) is 10.6 Å². The second-order valence-electron chi connectivity index (χ2n) is 5.25. The van der Waals surface area contributed by atoms with Gasteiger partial charge in [0.15, 0.2) is 0 Å². The number of hydrogen-bond donors (Lipinski definition) is 2. The van der Waals surface area contributed by atoms with Crippen LogP contribution in [0.4, 0.5) is 5.69 Å². The van der Waals surface area contributed by atoms with Gasteiger partial charge in [-0.2, -0.15) is 0 Å². The molecule has 0 saturated heterocycles. The van der Waals surface area contributed by atoms with Crippen LogP contribution in [0.15, 0.2) is 53.0 Å². The van der Waals surface area contributed by atoms with Gasteiger partial charge in [0.25, 0.3) is 5.91 Å². The minimum atomic E-state index is -3.59. The standard InChI is InChI=1S/C16H16N4O3S2/c1-17-25(22,23)13-9-14(20(2)10-13)15(21)19-12-5-3-11(4-6-12)16-18-7-8-24-16/h3-10,17H,1-2H3,(H,19,21). The number of nitrogens with zero attached hydrogens (tertiary/aromatic N) is 2. The van der Waals surface area contributed by atoms with E-state index in [0.29, 0.717) is 5.69 Å². The first-order valence-electron chi connectivity index (χ1n) is 7.32. The number of carbonyl (C=O) groups is 1. The number of aryl methyl sites for hydroxylation is 1. The minimum Gasteiger partial charge on any atom is -0.345 e. The van der Waals surface area contributed by atoms with E-state index >= 15 is 0 Å². The summed E-state index contributed by atoms with van der Waals surface area (Å²) in [5.74, 6) is -0.387. The molecule has 0 fully saturated rings. The third-order valence-electron chi connectivity index (χ3n) is 3.61. The van der Waals surface area contributed by atoms with Crippen LogP contribution in [0.3, 0.4) is 0 Å². The molecular weight excluding hydrogens is 360 g/mol. The van der Waals surface area contributed by atoms with Crippen LogP contribution in [-0.4, -0.2) is 30.9 Å². The fourth-order valence-corrected chi connectivity index (χ4v) is 3.73. The second kappa shape index (κ2) is 6.79. The van der Waals surface area contributed by atoms with Crippen molar-refractivity contribution in [1.29, 1.82) is 0 Å². The van der Waals surface area contributed by atoms with Gasteiger partial charge < -0.3 is 9.88 Å². The fourth-order valence-electron chi connectivity index (χ4n) is 2.28. The molecule has 0 atom stereocenters. The van der Waals surface area contributed by atoms with Crippen LogP contribution in [0.25, 0.3) is 10.6 Å². The van der Waals surface area contributed by atoms with Crippen molar-refractivity contribution in [3.05, 3.63) is 53.8 Å². The number of amides is 1. The molecule has 0 aliphatic heterocycles. The summed E-state index contributed by atoms with van der Waals surface area (Å²) in [5, 5.41) is 5.57. The molecule has 0 aliphatic carbocycles. The number of hydrogen-bond acceptors (Lipinski definition) is 5. The average Bonchev–Trinajstić information content (AvgIpc) is 3.25. The highest BCUT2D eigenvalue weighted by Gasteiger charge is 2.19. The van der Waals surface area contributed by atoms with Gasteiger partial charge in [-0.1, -0.05) is 0 Å². The highest BCUT2D eigenvalue weighted by atomic mass is 32.2. The number of nitrogens with one attached hydrogen (secondary N) is 2. The van der Waals surface area contributed by atoms with E-state index in [9.17, 15) is 13.2 Å². The first-order chi connectivity index (χ1) is 11.9. The van der Waals surface area contributed by atoms with Crippen LogP contribution in [0.1, 0.15) is 10.5 Å². The molecule has 0 spiro atoms. The highest BCUT2D eigenvalue weighted by Crippen LogP contribution is 2.23. The lowest BCUT2D eigenvalue weighted by Gasteiger charge is -2.06. The summed E-state index contributed by atoms with van der Waals surface area (Å²) in [4.78, 5) is 16.7. The number of sulfonamides is 1. The molecule has 3 rings (SSSR count). The van der Waals surface area contributed by atoms with E-state index < -0.39 is 10.0 Å². The van der Waals surface area contributed by atoms with Crippen molar-refractivity contribution in [2.75, 3.05) is 12.4 Å². The van der Waals surface area contributed by atoms with Crippen LogP contribution in [0, 0.1) is 0 Å². The molecule has 130 valence electrons. The molecule has 3 aromatic rings. The summed E-state index contributed by atoms with van der Waals surface area (Å²) in [5.41, 5.74) is 1.83. The first-order valence-corrected chi connectivity index (χ1v) is 9.68. The third kappa shape index (κ3) is 3.63. The molecule has 0 radical (unpaired) electrons. The molecular formula is C16H16N4O3S2. The maximum atomic E-state index is 12.4. The molecule has 25 heavy (non-hydrogen) atoms. The number of aromatic nitrogens is 2. The lowest BCUT2D eigenvalue weighted by atomic mass is 10.2. The first kappa shape index (κ1) is 17.3. The molecule has 2 aromatic heterocycles. The number of anilines is 1. The number of carbonyl (C=O) groups excluding carboxylic acids is 1. The van der Waals surface area contributed by atoms with Gasteiger partial charge in [-0.3, -0.25) is 4.79 Å². The predicted molar refractivity (Wildman–Crippen MR) is 97.2 cm³/mol. The molecule has 0 aliphatic rings. The quantitative estimate of drug-likeness (QED) is 0.715. The molecule has 2 N–H and O–H groups in total. The summed E-state index contributed by atoms with van der Waals surface area (Å²) in [6, 6.07) is 8.64. The van der Waals surface area contributed by atoms with Crippen LogP contribution in [-0.2, 0) is 17.1 Å². The Labute approximate surface area is 149 Å². The Balaban J connectivity index is 1.79. The van der Waals surface area contributed by atoms with Gasteiger partial charge in [-0.15, -0.1) is 11.3 Å². The van der Waals surface area contributed by atoms with Gasteiger partial charge >= 0.3 is 0 Å². The zero-order valence-corrected chi connectivity index (χ0v) is 15.2. The normalized spacial score (nSPS) is 11.4. The molecule has 0 saturated carbocycles.